The predicted octanol–water partition coefficient (Wildman–Crippen LogP) is 24.7. The summed E-state index contributed by atoms with van der Waals surface area (Å²) in [7, 11) is -27.0. The summed E-state index contributed by atoms with van der Waals surface area (Å²) in [6.45, 7) is 11.2. The third-order valence-corrected chi connectivity index (χ3v) is 48.5. The number of hydrogen-bond donors (Lipinski definition) is 2. The van der Waals surface area contributed by atoms with Crippen LogP contribution in [0.5, 0.6) is 0 Å². The Hall–Kier alpha value is -12.8. The van der Waals surface area contributed by atoms with E-state index in [1.807, 2.05) is 41.5 Å². The van der Waals surface area contributed by atoms with Crippen molar-refractivity contribution in [1.29, 1.82) is 0 Å². The van der Waals surface area contributed by atoms with Gasteiger partial charge < -0.3 is 9.97 Å². The molecule has 4 aliphatic carbocycles. The summed E-state index contributed by atoms with van der Waals surface area (Å²) in [5.41, 5.74) is 1.17. The topological polar surface area (TPSA) is 314 Å². The lowest BCUT2D eigenvalue weighted by molar-refractivity contribution is 0.451. The summed E-state index contributed by atoms with van der Waals surface area (Å²) in [5, 5.41) is 71.4. The van der Waals surface area contributed by atoms with Gasteiger partial charge in [-0.25, -0.2) is 80.4 Å². The molecular weight excluding hydrogens is 1820 g/mol. The zero-order valence-electron chi connectivity index (χ0n) is 73.2. The normalized spacial score (nSPS) is 18.0. The van der Waals surface area contributed by atoms with Gasteiger partial charge in [0.15, 0.2) is 70.7 Å². The van der Waals surface area contributed by atoms with E-state index in [2.05, 4.69) is 9.97 Å². The van der Waals surface area contributed by atoms with E-state index in [1.165, 1.54) is 284 Å². The van der Waals surface area contributed by atoms with Crippen LogP contribution < -0.4 is 0 Å². The maximum Gasteiger partial charge on any atom is 0.179 e. The van der Waals surface area contributed by atoms with E-state index in [0.29, 0.717) is 50.2 Å². The number of hydrogen-bond acceptors (Lipinski definition) is 18. The Bertz CT molecular complexity index is 11600. The second-order valence-electron chi connectivity index (χ2n) is 42.4. The van der Waals surface area contributed by atoms with Gasteiger partial charge in [0.05, 0.1) is 63.9 Å². The van der Waals surface area contributed by atoms with E-state index in [4.69, 9.17) is 29.9 Å². The maximum absolute atomic E-state index is 15.9. The van der Waals surface area contributed by atoms with Crippen LogP contribution >= 0.6 is 0 Å². The highest BCUT2D eigenvalue weighted by Crippen LogP contribution is 2.87. The predicted molar refractivity (Wildman–Crippen MR) is 545 cm³/mol. The Labute approximate surface area is 764 Å². The molecule has 8 bridgehead atoms. The van der Waals surface area contributed by atoms with Gasteiger partial charge in [-0.3, -0.25) is 0 Å². The molecule has 2 aliphatic heterocycles. The molecule has 650 valence electrons. The molecule has 0 radical (unpaired) electrons. The van der Waals surface area contributed by atoms with Crippen molar-refractivity contribution in [3.8, 4) is 22.8 Å². The third-order valence-electron chi connectivity index (χ3n) is 37.1. The second kappa shape index (κ2) is 19.8. The molecule has 0 atom stereocenters. The molecule has 136 heavy (non-hydrogen) atoms. The molecule has 2 spiro atoms. The highest BCUT2D eigenvalue weighted by Gasteiger charge is 2.76. The molecule has 0 saturated carbocycles. The Kier molecular flexibility index (Phi) is 10.3. The smallest absolute Gasteiger partial charge is 0.179 e. The van der Waals surface area contributed by atoms with Crippen LogP contribution in [0.4, 0.5) is 0 Å². The number of nitrogens with one attached hydrogen (secondary N) is 2. The minimum absolute atomic E-state index is 0.0105. The first kappa shape index (κ1) is 70.8. The summed E-state index contributed by atoms with van der Waals surface area (Å²) in [6, 6.07) is 8.32. The molecule has 0 saturated heterocycles. The highest BCUT2D eigenvalue weighted by atomic mass is 32.2. The van der Waals surface area contributed by atoms with Crippen LogP contribution in [0.2, 0.25) is 0 Å². The number of aromatic amines is 2. The lowest BCUT2D eigenvalue weighted by atomic mass is 9.49. The summed E-state index contributed by atoms with van der Waals surface area (Å²) in [6.07, 6.45) is 4.01. The van der Waals surface area contributed by atoms with Crippen LogP contribution in [0.1, 0.15) is 152 Å². The van der Waals surface area contributed by atoms with Crippen LogP contribution in [0.15, 0.2) is 65.8 Å². The molecule has 0 fully saturated rings. The largest absolute Gasteiger partial charge is 0.324 e. The Morgan fingerprint density at radius 2 is 0.353 bits per heavy atom. The van der Waals surface area contributed by atoms with Crippen LogP contribution in [0.3, 0.4) is 0 Å². The van der Waals surface area contributed by atoms with Crippen molar-refractivity contribution < 1.29 is 50.5 Å². The van der Waals surface area contributed by atoms with E-state index in [1.54, 1.807) is 0 Å². The second-order valence-corrected chi connectivity index (χ2v) is 54.9. The monoisotopic (exact) mass is 1880 g/mol. The highest BCUT2D eigenvalue weighted by molar-refractivity contribution is 7.95. The molecule has 3 aromatic heterocycles. The van der Waals surface area contributed by atoms with Gasteiger partial charge in [-0.1, -0.05) is 80.1 Å². The summed E-state index contributed by atoms with van der Waals surface area (Å²) < 4.78 is 188. The van der Waals surface area contributed by atoms with Crippen molar-refractivity contribution >= 4 is 394 Å². The van der Waals surface area contributed by atoms with Gasteiger partial charge in [-0.15, -0.1) is 0 Å². The van der Waals surface area contributed by atoms with Crippen LogP contribution in [0.25, 0.3) is 358 Å². The molecule has 0 amide bonds. The average molecular weight is 1880 g/mol. The quantitative estimate of drug-likeness (QED) is 0.0531. The van der Waals surface area contributed by atoms with Gasteiger partial charge in [0.25, 0.3) is 0 Å². The lowest BCUT2D eigenvalue weighted by Crippen LogP contribution is -2.51. The van der Waals surface area contributed by atoms with Crippen LogP contribution in [-0.2, 0) is 69.9 Å². The van der Waals surface area contributed by atoms with Gasteiger partial charge in [0.2, 0.25) is 0 Å². The SMILES string of the molecule is CCCCS(=O)(=O)c1cc2c(cc1S(=O)(=O)CCCC)-c1nc-2nc2[nH]c(nc3nc(nc4[nH]c(n1)c1cc(S(=O)(=O)CCCC)c(S(=O)(=O)CCCC)cc41)C14c5c6c7c8c9c%10c(c%11c%12c1c1c5c5c%13c6c6c7c7c9c9c%14c%10c%10c%11c%11c%12c%12c1c1c5c5c%13c%13c6c6c7c9c7c9c%14c%10c%10c%11c%11c%12c1c1c5c5c%13c6c7c6c9c%10c%11c1c56)C384)c1cc(S(=O)(=O)CCCC)c(S(=O)(=O)CCCC)cc21. The number of H-pyrrole nitrogens is 2. The van der Waals surface area contributed by atoms with Crippen molar-refractivity contribution in [1.82, 2.24) is 39.9 Å². The van der Waals surface area contributed by atoms with E-state index in [-0.39, 0.29) is 117 Å². The molecule has 20 nitrogen and oxygen atoms in total. The van der Waals surface area contributed by atoms with Gasteiger partial charge >= 0.3 is 0 Å². The van der Waals surface area contributed by atoms with E-state index in [0.717, 1.165) is 65.3 Å². The number of fused-ring (bicyclic) bond motifs is 17. The fourth-order valence-electron chi connectivity index (χ4n) is 33.1. The van der Waals surface area contributed by atoms with Gasteiger partial charge in [-0.2, -0.15) is 0 Å². The molecule has 31 aromatic carbocycles. The van der Waals surface area contributed by atoms with Crippen LogP contribution in [0, 0.1) is 0 Å². The Morgan fingerprint density at radius 3 is 0.522 bits per heavy atom. The van der Waals surface area contributed by atoms with Gasteiger partial charge in [0, 0.05) is 32.7 Å². The van der Waals surface area contributed by atoms with Crippen molar-refractivity contribution in [3.63, 3.8) is 0 Å². The number of unbranched alkanes of at least 4 members (excludes halogenated alkanes) is 6. The molecule has 0 unspecified atom stereocenters. The number of aromatic nitrogens is 8. The molecule has 6 aliphatic rings. The lowest BCUT2D eigenvalue weighted by Gasteiger charge is -2.48. The fraction of sp³-hybridized carbons (Fsp3) is 0.236. The number of benzene rings is 21. The van der Waals surface area contributed by atoms with Crippen molar-refractivity contribution in [3.05, 3.63) is 70.3 Å². The molecular formula is C110H62N8O12S6. The third kappa shape index (κ3) is 5.95. The molecule has 2 N–H and O–H groups in total. The van der Waals surface area contributed by atoms with E-state index < -0.39 is 122 Å². The minimum atomic E-state index is -4.50. The first-order chi connectivity index (χ1) is 65.8. The molecule has 26 heteroatoms. The average Bonchev–Trinajstić information content (AvgIpc) is 1.38. The number of nitrogens with zero attached hydrogens (tertiary/aromatic N) is 6. The maximum atomic E-state index is 15.9. The molecule has 34 aromatic rings. The Balaban J connectivity index is 0.787. The minimum Gasteiger partial charge on any atom is -0.324 e. The van der Waals surface area contributed by atoms with Crippen molar-refractivity contribution in [2.75, 3.05) is 34.5 Å². The first-order valence-electron chi connectivity index (χ1n) is 48.3. The van der Waals surface area contributed by atoms with E-state index in [9.17, 15) is 0 Å². The van der Waals surface area contributed by atoms with Crippen LogP contribution in [-0.4, -0.2) is 125 Å². The summed E-state index contributed by atoms with van der Waals surface area (Å²) in [4.78, 5) is 40.7. The van der Waals surface area contributed by atoms with Crippen molar-refractivity contribution in [2.45, 2.75) is 159 Å². The fourth-order valence-corrected chi connectivity index (χ4v) is 44.7. The number of sulfone groups is 6. The zero-order valence-corrected chi connectivity index (χ0v) is 78.1. The zero-order chi connectivity index (χ0) is 89.7. The summed E-state index contributed by atoms with van der Waals surface area (Å²) >= 11 is 0. The van der Waals surface area contributed by atoms with Gasteiger partial charge in [-0.05, 0) is 388 Å². The standard InChI is InChI=1S/C110H62N8O12S6/c1-7-13-19-131(119,120)37-25-31-32(26-38(37)132(121,122)20-14-8-2)102-111-101(31)112-103-33-27-39(133(123,124)21-15-9-3)41(135(127,128)23-17-11-5)29-35(33)105(114-103)116-107-109-97-89-81-71-61-53-45-43-44-47-51-49(45)57-65-59(51)69-63-55(47)56-48(44)52-50-46(43)54(53)62-68-58(50)66-60(52)70-64(56)74-73(63)83-77(69)87-79(65)85(75(81)67(57)61)93(97)95(87)99-91(83)92-84(74)78(70)88-80(66)86-76(68)82(72(62)71)90(89)98(109)94(86)96(88)100(92)110(99,109)108(118-107)117-106-36-30-42(136(129,130)24-18-12-6)40(134(125,126)22-16-10-4)28-34(36)104(113-102)115-106/h25-30H,7-24H2,1-6H3,(H2,111,112,113,114,115,116,117,118). The molecule has 5 heterocycles. The number of rotatable bonds is 24. The first-order valence-corrected chi connectivity index (χ1v) is 58.3. The Morgan fingerprint density at radius 1 is 0.199 bits per heavy atom. The summed E-state index contributed by atoms with van der Waals surface area (Å²) in [5.74, 6) is -2.20. The van der Waals surface area contributed by atoms with Crippen molar-refractivity contribution in [2.24, 2.45) is 0 Å². The van der Waals surface area contributed by atoms with Gasteiger partial charge in [0.1, 0.15) is 45.1 Å². The van der Waals surface area contributed by atoms with E-state index >= 15 is 50.5 Å². The molecule has 40 rings (SSSR count).